The Morgan fingerprint density at radius 3 is 1.19 bits per heavy atom. The van der Waals surface area contributed by atoms with E-state index >= 15 is 0 Å². The average Bonchev–Trinajstić information content (AvgIpc) is 2.27. The lowest BCUT2D eigenvalue weighted by molar-refractivity contribution is -0.133. The van der Waals surface area contributed by atoms with E-state index in [0.29, 0.717) is 33.6 Å². The maximum atomic E-state index is 11.4. The van der Waals surface area contributed by atoms with Crippen LogP contribution in [-0.4, -0.2) is 19.7 Å². The van der Waals surface area contributed by atoms with Gasteiger partial charge in [-0.25, -0.2) is 0 Å². The maximum absolute atomic E-state index is 11.4. The van der Waals surface area contributed by atoms with Crippen molar-refractivity contribution in [1.82, 2.24) is 7.88 Å². The van der Waals surface area contributed by atoms with E-state index in [1.165, 1.54) is 0 Å². The van der Waals surface area contributed by atoms with Crippen molar-refractivity contribution in [2.75, 3.05) is 0 Å². The van der Waals surface area contributed by atoms with Crippen LogP contribution in [0.15, 0.2) is 0 Å². The zero-order valence-corrected chi connectivity index (χ0v) is 11.2. The third-order valence-electron chi connectivity index (χ3n) is 2.76. The lowest BCUT2D eigenvalue weighted by Gasteiger charge is -2.27. The Labute approximate surface area is 114 Å². The number of amides is 2. The summed E-state index contributed by atoms with van der Waals surface area (Å²) in [4.78, 5) is 22.8. The van der Waals surface area contributed by atoms with Crippen molar-refractivity contribution in [3.05, 3.63) is 0 Å². The summed E-state index contributed by atoms with van der Waals surface area (Å²) in [5.41, 5.74) is 0. The smallest absolute Gasteiger partial charge is 0.255 e. The van der Waals surface area contributed by atoms with Gasteiger partial charge >= 0.3 is 0 Å². The number of carbonyl (C=O) groups is 2. The molecule has 0 aromatic carbocycles. The summed E-state index contributed by atoms with van der Waals surface area (Å²) in [5.74, 6) is -1.11. The van der Waals surface area contributed by atoms with Crippen LogP contribution in [-0.2, 0) is 9.59 Å². The summed E-state index contributed by atoms with van der Waals surface area (Å²) < 4.78 is 1.09. The van der Waals surface area contributed by atoms with E-state index in [1.54, 1.807) is 0 Å². The van der Waals surface area contributed by atoms with Gasteiger partial charge in [0.1, 0.15) is 0 Å². The standard InChI is InChI=1S/C8H10Cl4N2O2/c9-13(10)7(15)5-1-2-6(4-3-5)8(16)14(11)12/h5-6H,1-4H2. The Kier molecular flexibility index (Phi) is 5.44. The minimum absolute atomic E-state index is 0.224. The monoisotopic (exact) mass is 306 g/mol. The van der Waals surface area contributed by atoms with Crippen molar-refractivity contribution in [3.8, 4) is 0 Å². The molecule has 0 aromatic heterocycles. The molecule has 8 heteroatoms. The molecular weight excluding hydrogens is 298 g/mol. The molecule has 4 nitrogen and oxygen atoms in total. The van der Waals surface area contributed by atoms with E-state index < -0.39 is 0 Å². The first kappa shape index (κ1) is 14.2. The predicted molar refractivity (Wildman–Crippen MR) is 62.6 cm³/mol. The summed E-state index contributed by atoms with van der Waals surface area (Å²) in [6.07, 6.45) is 2.25. The SMILES string of the molecule is O=C(C1CCC(C(=O)N(Cl)Cl)CC1)N(Cl)Cl. The minimum Gasteiger partial charge on any atom is -0.272 e. The Hall–Kier alpha value is 0.1000. The fraction of sp³-hybridized carbons (Fsp3) is 0.750. The van der Waals surface area contributed by atoms with Crippen molar-refractivity contribution in [2.45, 2.75) is 25.7 Å². The third kappa shape index (κ3) is 3.55. The van der Waals surface area contributed by atoms with E-state index in [9.17, 15) is 9.59 Å². The van der Waals surface area contributed by atoms with Gasteiger partial charge in [0.15, 0.2) is 0 Å². The van der Waals surface area contributed by atoms with Gasteiger partial charge in [-0.3, -0.25) is 9.59 Å². The number of halogens is 4. The van der Waals surface area contributed by atoms with Gasteiger partial charge in [-0.15, -0.1) is 0 Å². The van der Waals surface area contributed by atoms with Crippen LogP contribution in [0.4, 0.5) is 0 Å². The van der Waals surface area contributed by atoms with E-state index in [1.807, 2.05) is 0 Å². The quantitative estimate of drug-likeness (QED) is 0.736. The highest BCUT2D eigenvalue weighted by Gasteiger charge is 2.33. The summed E-state index contributed by atoms with van der Waals surface area (Å²) >= 11 is 21.4. The van der Waals surface area contributed by atoms with Gasteiger partial charge in [0.2, 0.25) is 0 Å². The first-order valence-corrected chi connectivity index (χ1v) is 6.09. The van der Waals surface area contributed by atoms with Crippen LogP contribution >= 0.6 is 47.1 Å². The number of carbonyl (C=O) groups excluding carboxylic acids is 2. The van der Waals surface area contributed by atoms with Crippen molar-refractivity contribution in [1.29, 1.82) is 0 Å². The van der Waals surface area contributed by atoms with Crippen LogP contribution in [0, 0.1) is 11.8 Å². The molecule has 0 saturated heterocycles. The summed E-state index contributed by atoms with van der Waals surface area (Å²) in [5, 5.41) is 0. The van der Waals surface area contributed by atoms with E-state index in [0.717, 1.165) is 0 Å². The van der Waals surface area contributed by atoms with Gasteiger partial charge in [0.05, 0.1) is 0 Å². The van der Waals surface area contributed by atoms with Gasteiger partial charge in [-0.1, -0.05) is 0 Å². The van der Waals surface area contributed by atoms with Crippen molar-refractivity contribution in [3.63, 3.8) is 0 Å². The zero-order valence-electron chi connectivity index (χ0n) is 8.21. The van der Waals surface area contributed by atoms with Crippen molar-refractivity contribution < 1.29 is 9.59 Å². The second-order valence-electron chi connectivity index (χ2n) is 3.69. The molecule has 1 rings (SSSR count). The number of hydrogen-bond donors (Lipinski definition) is 0. The van der Waals surface area contributed by atoms with E-state index in [4.69, 9.17) is 47.1 Å². The minimum atomic E-state index is -0.331. The summed E-state index contributed by atoms with van der Waals surface area (Å²) in [6, 6.07) is 0. The first-order chi connectivity index (χ1) is 7.43. The first-order valence-electron chi connectivity index (χ1n) is 4.74. The largest absolute Gasteiger partial charge is 0.272 e. The van der Waals surface area contributed by atoms with Gasteiger partial charge in [0, 0.05) is 58.9 Å². The van der Waals surface area contributed by atoms with Crippen LogP contribution in [0.25, 0.3) is 0 Å². The molecule has 0 aromatic rings. The Balaban J connectivity index is 2.45. The Morgan fingerprint density at radius 1 is 0.750 bits per heavy atom. The van der Waals surface area contributed by atoms with Crippen molar-refractivity contribution in [2.24, 2.45) is 11.8 Å². The van der Waals surface area contributed by atoms with Gasteiger partial charge in [-0.05, 0) is 25.7 Å². The summed E-state index contributed by atoms with van der Waals surface area (Å²) in [7, 11) is 0. The van der Waals surface area contributed by atoms with Crippen LogP contribution in [0.3, 0.4) is 0 Å². The highest BCUT2D eigenvalue weighted by atomic mass is 35.5. The van der Waals surface area contributed by atoms with E-state index in [-0.39, 0.29) is 23.7 Å². The van der Waals surface area contributed by atoms with Gasteiger partial charge < -0.3 is 0 Å². The van der Waals surface area contributed by atoms with Crippen molar-refractivity contribution >= 4 is 58.9 Å². The maximum Gasteiger partial charge on any atom is 0.255 e. The molecule has 92 valence electrons. The van der Waals surface area contributed by atoms with Gasteiger partial charge in [-0.2, -0.15) is 7.88 Å². The highest BCUT2D eigenvalue weighted by Crippen LogP contribution is 2.32. The highest BCUT2D eigenvalue weighted by molar-refractivity contribution is 6.42. The number of hydrogen-bond acceptors (Lipinski definition) is 2. The van der Waals surface area contributed by atoms with Crippen LogP contribution in [0.2, 0.25) is 0 Å². The third-order valence-corrected chi connectivity index (χ3v) is 3.43. The van der Waals surface area contributed by atoms with Gasteiger partial charge in [0.25, 0.3) is 11.8 Å². The molecule has 0 aliphatic heterocycles. The van der Waals surface area contributed by atoms with Crippen LogP contribution in [0.5, 0.6) is 0 Å². The topological polar surface area (TPSA) is 40.6 Å². The van der Waals surface area contributed by atoms with Crippen LogP contribution < -0.4 is 0 Å². The molecule has 16 heavy (non-hydrogen) atoms. The molecule has 0 heterocycles. The molecule has 1 aliphatic rings. The molecule has 0 bridgehead atoms. The molecular formula is C8H10Cl4N2O2. The Morgan fingerprint density at radius 2 is 1.00 bits per heavy atom. The predicted octanol–water partition coefficient (Wildman–Crippen LogP) is 3.07. The number of nitrogens with zero attached hydrogens (tertiary/aromatic N) is 2. The van der Waals surface area contributed by atoms with Crippen LogP contribution in [0.1, 0.15) is 25.7 Å². The average molecular weight is 308 g/mol. The molecule has 1 fully saturated rings. The molecule has 0 atom stereocenters. The molecule has 0 radical (unpaired) electrons. The molecule has 1 saturated carbocycles. The number of rotatable bonds is 2. The molecule has 0 unspecified atom stereocenters. The summed E-state index contributed by atoms with van der Waals surface area (Å²) in [6.45, 7) is 0. The molecule has 0 N–H and O–H groups in total. The second-order valence-corrected chi connectivity index (χ2v) is 5.39. The lowest BCUT2D eigenvalue weighted by Crippen LogP contribution is -2.31. The lowest BCUT2D eigenvalue weighted by atomic mass is 9.81. The fourth-order valence-corrected chi connectivity index (χ4v) is 2.42. The molecule has 0 spiro atoms. The second kappa shape index (κ2) is 6.15. The fourth-order valence-electron chi connectivity index (χ4n) is 1.86. The molecule has 1 aliphatic carbocycles. The zero-order chi connectivity index (χ0) is 12.3. The molecule has 2 amide bonds. The van der Waals surface area contributed by atoms with E-state index in [2.05, 4.69) is 0 Å². The Bertz CT molecular complexity index is 249. The normalized spacial score (nSPS) is 25.0.